The molecule has 0 heterocycles. The molecule has 2 rings (SSSR count). The molecule has 1 aliphatic rings. The van der Waals surface area contributed by atoms with E-state index in [0.29, 0.717) is 6.54 Å². The van der Waals surface area contributed by atoms with Gasteiger partial charge in [0.1, 0.15) is 5.75 Å². The normalized spacial score (nSPS) is 24.8. The van der Waals surface area contributed by atoms with Crippen molar-refractivity contribution in [3.63, 3.8) is 0 Å². The van der Waals surface area contributed by atoms with Gasteiger partial charge in [0.2, 0.25) is 5.91 Å². The summed E-state index contributed by atoms with van der Waals surface area (Å²) in [5.74, 6) is 1.01. The van der Waals surface area contributed by atoms with Crippen LogP contribution in [-0.4, -0.2) is 37.0 Å². The molecule has 4 heteroatoms. The zero-order valence-electron chi connectivity index (χ0n) is 14.0. The summed E-state index contributed by atoms with van der Waals surface area (Å²) < 4.78 is 5.36. The summed E-state index contributed by atoms with van der Waals surface area (Å²) in [6, 6.07) is 7.96. The Kier molecular flexibility index (Phi) is 5.46. The van der Waals surface area contributed by atoms with Crippen molar-refractivity contribution in [1.29, 1.82) is 0 Å². The van der Waals surface area contributed by atoms with E-state index in [9.17, 15) is 4.79 Å². The third-order valence-corrected chi connectivity index (χ3v) is 4.84. The average molecular weight is 304 g/mol. The molecule has 22 heavy (non-hydrogen) atoms. The summed E-state index contributed by atoms with van der Waals surface area (Å²) >= 11 is 0. The van der Waals surface area contributed by atoms with E-state index in [1.165, 1.54) is 0 Å². The number of para-hydroxylation sites is 1. The summed E-state index contributed by atoms with van der Waals surface area (Å²) in [6.45, 7) is 2.70. The van der Waals surface area contributed by atoms with E-state index in [0.717, 1.165) is 43.4 Å². The molecule has 0 bridgehead atoms. The van der Waals surface area contributed by atoms with Crippen LogP contribution in [0.5, 0.6) is 5.75 Å². The highest BCUT2D eigenvalue weighted by Gasteiger charge is 2.38. The predicted molar refractivity (Wildman–Crippen MR) is 88.9 cm³/mol. The lowest BCUT2D eigenvalue weighted by Gasteiger charge is -2.39. The Morgan fingerprint density at radius 3 is 2.82 bits per heavy atom. The fraction of sp³-hybridized carbons (Fsp3) is 0.611. The Hall–Kier alpha value is -1.55. The molecule has 0 radical (unpaired) electrons. The number of amides is 1. The second-order valence-electron chi connectivity index (χ2n) is 6.63. The third-order valence-electron chi connectivity index (χ3n) is 4.84. The van der Waals surface area contributed by atoms with E-state index < -0.39 is 0 Å². The Balaban J connectivity index is 1.96. The first-order valence-corrected chi connectivity index (χ1v) is 8.11. The summed E-state index contributed by atoms with van der Waals surface area (Å²) in [5.41, 5.74) is 7.11. The highest BCUT2D eigenvalue weighted by molar-refractivity contribution is 5.80. The molecular weight excluding hydrogens is 276 g/mol. The maximum absolute atomic E-state index is 12.7. The third kappa shape index (κ3) is 3.80. The van der Waals surface area contributed by atoms with Gasteiger partial charge in [-0.15, -0.1) is 0 Å². The van der Waals surface area contributed by atoms with E-state index in [-0.39, 0.29) is 17.4 Å². The predicted octanol–water partition coefficient (Wildman–Crippen LogP) is 2.60. The molecule has 0 aliphatic heterocycles. The number of likely N-dealkylation sites (N-methyl/N-ethyl adjacent to an activating group) is 1. The van der Waals surface area contributed by atoms with Gasteiger partial charge in [0.05, 0.1) is 13.0 Å². The van der Waals surface area contributed by atoms with Crippen LogP contribution >= 0.6 is 0 Å². The number of nitrogens with zero attached hydrogens (tertiary/aromatic N) is 1. The Bertz CT molecular complexity index is 514. The summed E-state index contributed by atoms with van der Waals surface area (Å²) in [7, 11) is 3.55. The van der Waals surface area contributed by atoms with Crippen molar-refractivity contribution in [2.75, 3.05) is 20.7 Å². The molecule has 2 atom stereocenters. The Morgan fingerprint density at radius 2 is 2.14 bits per heavy atom. The largest absolute Gasteiger partial charge is 0.496 e. The molecule has 2 N–H and O–H groups in total. The highest BCUT2D eigenvalue weighted by Crippen LogP contribution is 2.32. The first-order valence-electron chi connectivity index (χ1n) is 8.11. The first kappa shape index (κ1) is 16.8. The number of carbonyl (C=O) groups excluding carboxylic acids is 1. The van der Waals surface area contributed by atoms with Gasteiger partial charge in [-0.1, -0.05) is 31.0 Å². The second kappa shape index (κ2) is 7.14. The van der Waals surface area contributed by atoms with Crippen molar-refractivity contribution in [1.82, 2.24) is 4.90 Å². The summed E-state index contributed by atoms with van der Waals surface area (Å²) in [6.07, 6.45) is 4.86. The maximum Gasteiger partial charge on any atom is 0.227 e. The van der Waals surface area contributed by atoms with E-state index in [4.69, 9.17) is 10.5 Å². The molecule has 1 aromatic carbocycles. The van der Waals surface area contributed by atoms with E-state index in [2.05, 4.69) is 0 Å². The number of benzene rings is 1. The minimum absolute atomic E-state index is 0.0519. The minimum Gasteiger partial charge on any atom is -0.496 e. The molecule has 1 aromatic rings. The standard InChI is InChI=1S/C18H28N2O2/c1-18(19)12-7-6-9-15(18)17(21)20(2)13-11-14-8-4-5-10-16(14)22-3/h4-5,8,10,15H,6-7,9,11-13,19H2,1-3H3. The highest BCUT2D eigenvalue weighted by atomic mass is 16.5. The smallest absolute Gasteiger partial charge is 0.227 e. The quantitative estimate of drug-likeness (QED) is 0.909. The maximum atomic E-state index is 12.7. The van der Waals surface area contributed by atoms with Crippen LogP contribution in [0.3, 0.4) is 0 Å². The van der Waals surface area contributed by atoms with Gasteiger partial charge in [0.25, 0.3) is 0 Å². The SMILES string of the molecule is COc1ccccc1CCN(C)C(=O)C1CCCCC1(C)N. The molecule has 1 aliphatic carbocycles. The van der Waals surface area contributed by atoms with Crippen molar-refractivity contribution in [2.24, 2.45) is 11.7 Å². The van der Waals surface area contributed by atoms with Crippen LogP contribution in [0.25, 0.3) is 0 Å². The second-order valence-corrected chi connectivity index (χ2v) is 6.63. The van der Waals surface area contributed by atoms with E-state index in [1.54, 1.807) is 7.11 Å². The number of rotatable bonds is 5. The van der Waals surface area contributed by atoms with Gasteiger partial charge < -0.3 is 15.4 Å². The van der Waals surface area contributed by atoms with Gasteiger partial charge in [0.15, 0.2) is 0 Å². The number of ether oxygens (including phenoxy) is 1. The van der Waals surface area contributed by atoms with Crippen LogP contribution in [0, 0.1) is 5.92 Å². The van der Waals surface area contributed by atoms with Crippen LogP contribution in [0.4, 0.5) is 0 Å². The van der Waals surface area contributed by atoms with E-state index in [1.807, 2.05) is 43.1 Å². The summed E-state index contributed by atoms with van der Waals surface area (Å²) in [4.78, 5) is 14.5. The van der Waals surface area contributed by atoms with Gasteiger partial charge in [-0.3, -0.25) is 4.79 Å². The lowest BCUT2D eigenvalue weighted by molar-refractivity contribution is -0.137. The fourth-order valence-corrected chi connectivity index (χ4v) is 3.34. The lowest BCUT2D eigenvalue weighted by Crippen LogP contribution is -2.53. The van der Waals surface area contributed by atoms with Crippen molar-refractivity contribution in [2.45, 2.75) is 44.6 Å². The van der Waals surface area contributed by atoms with Crippen molar-refractivity contribution in [3.05, 3.63) is 29.8 Å². The van der Waals surface area contributed by atoms with Crippen LogP contribution in [0.2, 0.25) is 0 Å². The zero-order chi connectivity index (χ0) is 16.2. The van der Waals surface area contributed by atoms with Crippen molar-refractivity contribution in [3.8, 4) is 5.75 Å². The average Bonchev–Trinajstić information content (AvgIpc) is 2.51. The van der Waals surface area contributed by atoms with Gasteiger partial charge in [-0.25, -0.2) is 0 Å². The van der Waals surface area contributed by atoms with Crippen LogP contribution in [0.1, 0.15) is 38.2 Å². The zero-order valence-corrected chi connectivity index (χ0v) is 14.0. The summed E-state index contributed by atoms with van der Waals surface area (Å²) in [5, 5.41) is 0. The van der Waals surface area contributed by atoms with Gasteiger partial charge >= 0.3 is 0 Å². The number of hydrogen-bond donors (Lipinski definition) is 1. The van der Waals surface area contributed by atoms with Gasteiger partial charge in [-0.05, 0) is 37.8 Å². The van der Waals surface area contributed by atoms with Crippen molar-refractivity contribution < 1.29 is 9.53 Å². The Labute approximate surface area is 133 Å². The van der Waals surface area contributed by atoms with E-state index >= 15 is 0 Å². The molecule has 0 spiro atoms. The van der Waals surface area contributed by atoms with Gasteiger partial charge in [-0.2, -0.15) is 0 Å². The molecule has 0 aromatic heterocycles. The monoisotopic (exact) mass is 304 g/mol. The van der Waals surface area contributed by atoms with Crippen LogP contribution in [-0.2, 0) is 11.2 Å². The molecule has 1 amide bonds. The molecule has 4 nitrogen and oxygen atoms in total. The minimum atomic E-state index is -0.367. The number of carbonyl (C=O) groups is 1. The molecule has 1 saturated carbocycles. The number of hydrogen-bond acceptors (Lipinski definition) is 3. The Morgan fingerprint density at radius 1 is 1.41 bits per heavy atom. The molecule has 122 valence electrons. The number of nitrogens with two attached hydrogens (primary N) is 1. The lowest BCUT2D eigenvalue weighted by atomic mass is 9.74. The van der Waals surface area contributed by atoms with Crippen molar-refractivity contribution >= 4 is 5.91 Å². The molecular formula is C18H28N2O2. The topological polar surface area (TPSA) is 55.6 Å². The van der Waals surface area contributed by atoms with Crippen LogP contribution in [0.15, 0.2) is 24.3 Å². The first-order chi connectivity index (χ1) is 10.5. The molecule has 2 unspecified atom stereocenters. The molecule has 1 fully saturated rings. The van der Waals surface area contributed by atoms with Gasteiger partial charge in [0, 0.05) is 19.1 Å². The van der Waals surface area contributed by atoms with Crippen LogP contribution < -0.4 is 10.5 Å². The fourth-order valence-electron chi connectivity index (χ4n) is 3.34. The molecule has 0 saturated heterocycles. The number of methoxy groups -OCH3 is 1.